The van der Waals surface area contributed by atoms with Gasteiger partial charge < -0.3 is 20.7 Å². The Morgan fingerprint density at radius 3 is 2.56 bits per heavy atom. The molecule has 1 rings (SSSR count). The number of hydrogen-bond donors (Lipinski definition) is 3. The molecule has 1 saturated heterocycles. The van der Waals surface area contributed by atoms with Crippen molar-refractivity contribution in [3.63, 3.8) is 0 Å². The van der Waals surface area contributed by atoms with Crippen molar-refractivity contribution in [2.45, 2.75) is 24.9 Å². The molecular weight excluding hydrogens is 122 g/mol. The largest absolute Gasteiger partial charge is 0.389 e. The van der Waals surface area contributed by atoms with Gasteiger partial charge in [0.2, 0.25) is 0 Å². The van der Waals surface area contributed by atoms with Crippen LogP contribution in [0.1, 0.15) is 6.42 Å². The van der Waals surface area contributed by atoms with Gasteiger partial charge in [0.15, 0.2) is 6.29 Å². The Labute approximate surface area is 53.2 Å². The molecule has 0 amide bonds. The fourth-order valence-corrected chi connectivity index (χ4v) is 0.791. The lowest BCUT2D eigenvalue weighted by Crippen LogP contribution is -2.46. The van der Waals surface area contributed by atoms with Crippen LogP contribution < -0.4 is 5.73 Å². The Kier molecular flexibility index (Phi) is 2.02. The van der Waals surface area contributed by atoms with Gasteiger partial charge in [0, 0.05) is 12.5 Å². The SMILES string of the molecule is N[C@@H]1C[C@@H](O)OC[C@H]1O. The normalized spacial score (nSPS) is 45.0. The zero-order chi connectivity index (χ0) is 6.85. The van der Waals surface area contributed by atoms with E-state index < -0.39 is 12.4 Å². The molecule has 4 N–H and O–H groups in total. The minimum absolute atomic E-state index is 0.141. The van der Waals surface area contributed by atoms with E-state index in [4.69, 9.17) is 15.9 Å². The van der Waals surface area contributed by atoms with E-state index in [9.17, 15) is 0 Å². The van der Waals surface area contributed by atoms with Crippen LogP contribution in [0.4, 0.5) is 0 Å². The lowest BCUT2D eigenvalue weighted by atomic mass is 10.1. The molecule has 0 unspecified atom stereocenters. The topological polar surface area (TPSA) is 75.7 Å². The van der Waals surface area contributed by atoms with Crippen LogP contribution in [0, 0.1) is 0 Å². The molecule has 1 aliphatic heterocycles. The average molecular weight is 133 g/mol. The highest BCUT2D eigenvalue weighted by molar-refractivity contribution is 4.76. The third-order valence-corrected chi connectivity index (χ3v) is 1.43. The maximum Gasteiger partial charge on any atom is 0.156 e. The summed E-state index contributed by atoms with van der Waals surface area (Å²) in [6.07, 6.45) is -1.09. The van der Waals surface area contributed by atoms with Gasteiger partial charge in [-0.15, -0.1) is 0 Å². The highest BCUT2D eigenvalue weighted by Crippen LogP contribution is 2.09. The molecule has 0 aromatic rings. The second-order valence-corrected chi connectivity index (χ2v) is 2.25. The molecule has 0 saturated carbocycles. The summed E-state index contributed by atoms with van der Waals surface area (Å²) in [5.41, 5.74) is 5.38. The van der Waals surface area contributed by atoms with Crippen LogP contribution in [0.5, 0.6) is 0 Å². The number of ether oxygens (including phenoxy) is 1. The molecule has 0 aliphatic carbocycles. The van der Waals surface area contributed by atoms with Gasteiger partial charge in [-0.3, -0.25) is 0 Å². The van der Waals surface area contributed by atoms with Crippen molar-refractivity contribution in [1.29, 1.82) is 0 Å². The summed E-state index contributed by atoms with van der Waals surface area (Å²) in [6.45, 7) is 0.141. The van der Waals surface area contributed by atoms with Gasteiger partial charge in [-0.05, 0) is 0 Å². The standard InChI is InChI=1S/C5H11NO3/c6-3-1-5(8)9-2-4(3)7/h3-5,7-8H,1-2,6H2/t3-,4-,5+/m1/s1. The lowest BCUT2D eigenvalue weighted by Gasteiger charge is -2.27. The van der Waals surface area contributed by atoms with Crippen molar-refractivity contribution < 1.29 is 14.9 Å². The Balaban J connectivity index is 2.35. The minimum Gasteiger partial charge on any atom is -0.389 e. The van der Waals surface area contributed by atoms with E-state index in [1.165, 1.54) is 0 Å². The van der Waals surface area contributed by atoms with Crippen LogP contribution in [0.3, 0.4) is 0 Å². The Morgan fingerprint density at radius 1 is 1.44 bits per heavy atom. The maximum absolute atomic E-state index is 8.93. The summed E-state index contributed by atoms with van der Waals surface area (Å²) in [4.78, 5) is 0. The first-order valence-electron chi connectivity index (χ1n) is 2.93. The van der Waals surface area contributed by atoms with Crippen molar-refractivity contribution in [3.8, 4) is 0 Å². The predicted octanol–water partition coefficient (Wildman–Crippen LogP) is -1.59. The average Bonchev–Trinajstić information content (AvgIpc) is 1.80. The Morgan fingerprint density at radius 2 is 2.11 bits per heavy atom. The van der Waals surface area contributed by atoms with Gasteiger partial charge in [-0.2, -0.15) is 0 Å². The van der Waals surface area contributed by atoms with Crippen LogP contribution >= 0.6 is 0 Å². The summed E-state index contributed by atoms with van der Waals surface area (Å²) >= 11 is 0. The van der Waals surface area contributed by atoms with Crippen LogP contribution in [-0.2, 0) is 4.74 Å². The molecular formula is C5H11NO3. The maximum atomic E-state index is 8.93. The van der Waals surface area contributed by atoms with Gasteiger partial charge in [-0.25, -0.2) is 0 Å². The zero-order valence-electron chi connectivity index (χ0n) is 5.03. The second-order valence-electron chi connectivity index (χ2n) is 2.25. The van der Waals surface area contributed by atoms with Gasteiger partial charge in [0.1, 0.15) is 0 Å². The molecule has 54 valence electrons. The molecule has 0 spiro atoms. The smallest absolute Gasteiger partial charge is 0.156 e. The van der Waals surface area contributed by atoms with Gasteiger partial charge in [0.25, 0.3) is 0 Å². The van der Waals surface area contributed by atoms with Crippen LogP contribution in [0.2, 0.25) is 0 Å². The number of rotatable bonds is 0. The fraction of sp³-hybridized carbons (Fsp3) is 1.00. The van der Waals surface area contributed by atoms with E-state index in [2.05, 4.69) is 4.74 Å². The molecule has 0 aromatic heterocycles. The fourth-order valence-electron chi connectivity index (χ4n) is 0.791. The number of nitrogens with two attached hydrogens (primary N) is 1. The van der Waals surface area contributed by atoms with Crippen molar-refractivity contribution in [1.82, 2.24) is 0 Å². The number of aliphatic hydroxyl groups excluding tert-OH is 2. The molecule has 4 heteroatoms. The monoisotopic (exact) mass is 133 g/mol. The van der Waals surface area contributed by atoms with Crippen molar-refractivity contribution in [2.75, 3.05) is 6.61 Å². The summed E-state index contributed by atoms with van der Waals surface area (Å²) in [5.74, 6) is 0. The molecule has 3 atom stereocenters. The van der Waals surface area contributed by atoms with Crippen LogP contribution in [0.15, 0.2) is 0 Å². The first-order chi connectivity index (χ1) is 4.20. The van der Waals surface area contributed by atoms with E-state index >= 15 is 0 Å². The van der Waals surface area contributed by atoms with E-state index in [0.29, 0.717) is 6.42 Å². The summed E-state index contributed by atoms with van der Waals surface area (Å²) in [6, 6.07) is -0.339. The quantitative estimate of drug-likeness (QED) is 0.372. The second kappa shape index (κ2) is 2.62. The third-order valence-electron chi connectivity index (χ3n) is 1.43. The Hall–Kier alpha value is -0.160. The summed E-state index contributed by atoms with van der Waals surface area (Å²) in [7, 11) is 0. The third kappa shape index (κ3) is 1.62. The molecule has 0 bridgehead atoms. The number of hydrogen-bond acceptors (Lipinski definition) is 4. The van der Waals surface area contributed by atoms with E-state index in [0.717, 1.165) is 0 Å². The molecule has 1 fully saturated rings. The summed E-state index contributed by atoms with van der Waals surface area (Å²) < 4.78 is 4.69. The van der Waals surface area contributed by atoms with Gasteiger partial charge >= 0.3 is 0 Å². The van der Waals surface area contributed by atoms with E-state index in [-0.39, 0.29) is 12.6 Å². The first kappa shape index (κ1) is 6.95. The molecule has 1 aliphatic rings. The minimum atomic E-state index is -0.789. The van der Waals surface area contributed by atoms with Gasteiger partial charge in [-0.1, -0.05) is 0 Å². The molecule has 0 radical (unpaired) electrons. The molecule has 9 heavy (non-hydrogen) atoms. The van der Waals surface area contributed by atoms with Crippen LogP contribution in [0.25, 0.3) is 0 Å². The lowest BCUT2D eigenvalue weighted by molar-refractivity contribution is -0.162. The van der Waals surface area contributed by atoms with Crippen molar-refractivity contribution >= 4 is 0 Å². The van der Waals surface area contributed by atoms with Crippen molar-refractivity contribution in [3.05, 3.63) is 0 Å². The number of aliphatic hydroxyl groups is 2. The predicted molar refractivity (Wildman–Crippen MR) is 30.6 cm³/mol. The Bertz CT molecular complexity index is 98.2. The zero-order valence-corrected chi connectivity index (χ0v) is 5.03. The molecule has 1 heterocycles. The molecule has 0 aromatic carbocycles. The molecule has 4 nitrogen and oxygen atoms in total. The van der Waals surface area contributed by atoms with Crippen LogP contribution in [-0.4, -0.2) is 35.3 Å². The highest BCUT2D eigenvalue weighted by atomic mass is 16.6. The highest BCUT2D eigenvalue weighted by Gasteiger charge is 2.25. The first-order valence-corrected chi connectivity index (χ1v) is 2.93. The van der Waals surface area contributed by atoms with Gasteiger partial charge in [0.05, 0.1) is 12.7 Å². The van der Waals surface area contributed by atoms with E-state index in [1.54, 1.807) is 0 Å². The van der Waals surface area contributed by atoms with Crippen molar-refractivity contribution in [2.24, 2.45) is 5.73 Å². The summed E-state index contributed by atoms with van der Waals surface area (Å²) in [5, 5.41) is 17.7. The van der Waals surface area contributed by atoms with E-state index in [1.807, 2.05) is 0 Å².